The lowest BCUT2D eigenvalue weighted by Crippen LogP contribution is -2.15. The first-order valence-corrected chi connectivity index (χ1v) is 9.62. The van der Waals surface area contributed by atoms with Crippen molar-refractivity contribution in [1.82, 2.24) is 0 Å². The molecule has 0 aliphatic carbocycles. The molecule has 0 radical (unpaired) electrons. The van der Waals surface area contributed by atoms with Crippen LogP contribution in [0.5, 0.6) is 5.75 Å². The molecular weight excluding hydrogens is 350 g/mol. The summed E-state index contributed by atoms with van der Waals surface area (Å²) in [6.45, 7) is 0. The van der Waals surface area contributed by atoms with Crippen molar-refractivity contribution >= 4 is 33.4 Å². The maximum Gasteiger partial charge on any atom is 0.307 e. The summed E-state index contributed by atoms with van der Waals surface area (Å²) in [5.74, 6) is -0.887. The van der Waals surface area contributed by atoms with E-state index in [0.29, 0.717) is 11.3 Å². The number of nitrogens with one attached hydrogen (secondary N) is 1. The number of aliphatic carboxylic acids is 1. The predicted molar refractivity (Wildman–Crippen MR) is 93.4 cm³/mol. The van der Waals surface area contributed by atoms with Crippen LogP contribution >= 0.6 is 11.8 Å². The molecule has 0 atom stereocenters. The highest BCUT2D eigenvalue weighted by molar-refractivity contribution is 7.98. The number of benzene rings is 2. The number of carboxylic acid groups (broad SMARTS) is 1. The van der Waals surface area contributed by atoms with Gasteiger partial charge in [-0.05, 0) is 48.2 Å². The molecule has 128 valence electrons. The number of thioether (sulfide) groups is 1. The van der Waals surface area contributed by atoms with E-state index in [9.17, 15) is 13.2 Å². The van der Waals surface area contributed by atoms with E-state index < -0.39 is 16.0 Å². The molecule has 0 bridgehead atoms. The minimum Gasteiger partial charge on any atom is -0.495 e. The van der Waals surface area contributed by atoms with Crippen LogP contribution < -0.4 is 9.46 Å². The standard InChI is InChI=1S/C16H17NO5S2/c1-22-14-8-3-11(10-16(18)19)9-15(14)24(20,21)17-12-4-6-13(23-2)7-5-12/h3-9,17H,10H2,1-2H3,(H,18,19). The van der Waals surface area contributed by atoms with Gasteiger partial charge in [-0.1, -0.05) is 6.07 Å². The summed E-state index contributed by atoms with van der Waals surface area (Å²) in [5, 5.41) is 8.87. The monoisotopic (exact) mass is 367 g/mol. The van der Waals surface area contributed by atoms with Crippen molar-refractivity contribution in [3.63, 3.8) is 0 Å². The van der Waals surface area contributed by atoms with Crippen LogP contribution in [0.3, 0.4) is 0 Å². The number of carboxylic acids is 1. The van der Waals surface area contributed by atoms with Crippen molar-refractivity contribution in [2.75, 3.05) is 18.1 Å². The molecule has 8 heteroatoms. The minimum atomic E-state index is -3.91. The average molecular weight is 367 g/mol. The Kier molecular flexibility index (Phi) is 5.74. The molecule has 2 aromatic carbocycles. The van der Waals surface area contributed by atoms with E-state index in [2.05, 4.69) is 4.72 Å². The Balaban J connectivity index is 2.37. The van der Waals surface area contributed by atoms with E-state index >= 15 is 0 Å². The molecule has 0 fully saturated rings. The van der Waals surface area contributed by atoms with Crippen molar-refractivity contribution in [3.8, 4) is 5.75 Å². The van der Waals surface area contributed by atoms with Crippen molar-refractivity contribution in [2.24, 2.45) is 0 Å². The van der Waals surface area contributed by atoms with E-state index in [1.165, 1.54) is 25.3 Å². The van der Waals surface area contributed by atoms with Crippen LogP contribution in [-0.4, -0.2) is 32.9 Å². The Morgan fingerprint density at radius 3 is 2.42 bits per heavy atom. The molecule has 0 saturated heterocycles. The first-order valence-electron chi connectivity index (χ1n) is 6.91. The molecule has 0 aromatic heterocycles. The Bertz CT molecular complexity index is 832. The molecule has 6 nitrogen and oxygen atoms in total. The lowest BCUT2D eigenvalue weighted by Gasteiger charge is -2.13. The molecule has 0 amide bonds. The Morgan fingerprint density at radius 2 is 1.88 bits per heavy atom. The summed E-state index contributed by atoms with van der Waals surface area (Å²) in [4.78, 5) is 11.8. The minimum absolute atomic E-state index is 0.0994. The summed E-state index contributed by atoms with van der Waals surface area (Å²) in [5.41, 5.74) is 0.792. The van der Waals surface area contributed by atoms with Crippen LogP contribution in [0.25, 0.3) is 0 Å². The molecule has 0 unspecified atom stereocenters. The summed E-state index contributed by atoms with van der Waals surface area (Å²) in [6, 6.07) is 11.2. The van der Waals surface area contributed by atoms with Gasteiger partial charge in [0.05, 0.1) is 13.5 Å². The van der Waals surface area contributed by atoms with Gasteiger partial charge in [0.2, 0.25) is 0 Å². The van der Waals surface area contributed by atoms with Crippen molar-refractivity contribution in [3.05, 3.63) is 48.0 Å². The third-order valence-electron chi connectivity index (χ3n) is 3.22. The fourth-order valence-corrected chi connectivity index (χ4v) is 3.77. The van der Waals surface area contributed by atoms with Gasteiger partial charge in [0, 0.05) is 10.6 Å². The van der Waals surface area contributed by atoms with Crippen molar-refractivity contribution in [1.29, 1.82) is 0 Å². The fourth-order valence-electron chi connectivity index (χ4n) is 2.08. The summed E-state index contributed by atoms with van der Waals surface area (Å²) >= 11 is 1.55. The number of rotatable bonds is 7. The summed E-state index contributed by atoms with van der Waals surface area (Å²) < 4.78 is 32.8. The van der Waals surface area contributed by atoms with Crippen LogP contribution in [0.1, 0.15) is 5.56 Å². The Morgan fingerprint density at radius 1 is 1.21 bits per heavy atom. The second kappa shape index (κ2) is 7.59. The molecule has 0 aliphatic heterocycles. The number of hydrogen-bond acceptors (Lipinski definition) is 5. The van der Waals surface area contributed by atoms with E-state index in [1.54, 1.807) is 36.0 Å². The fraction of sp³-hybridized carbons (Fsp3) is 0.188. The SMILES string of the molecule is COc1ccc(CC(=O)O)cc1S(=O)(=O)Nc1ccc(SC)cc1. The van der Waals surface area contributed by atoms with E-state index in [4.69, 9.17) is 9.84 Å². The quantitative estimate of drug-likeness (QED) is 0.731. The molecule has 24 heavy (non-hydrogen) atoms. The summed E-state index contributed by atoms with van der Waals surface area (Å²) in [7, 11) is -2.55. The number of ether oxygens (including phenoxy) is 1. The normalized spacial score (nSPS) is 11.1. The largest absolute Gasteiger partial charge is 0.495 e. The van der Waals surface area contributed by atoms with Gasteiger partial charge < -0.3 is 9.84 Å². The molecule has 0 heterocycles. The van der Waals surface area contributed by atoms with Gasteiger partial charge in [-0.25, -0.2) is 8.42 Å². The Hall–Kier alpha value is -2.19. The second-order valence-corrected chi connectivity index (χ2v) is 7.42. The first kappa shape index (κ1) is 18.2. The summed E-state index contributed by atoms with van der Waals surface area (Å²) in [6.07, 6.45) is 1.66. The topological polar surface area (TPSA) is 92.7 Å². The number of carbonyl (C=O) groups is 1. The highest BCUT2D eigenvalue weighted by Crippen LogP contribution is 2.28. The van der Waals surface area contributed by atoms with Crippen molar-refractivity contribution < 1.29 is 23.1 Å². The van der Waals surface area contributed by atoms with Crippen LogP contribution in [0.4, 0.5) is 5.69 Å². The van der Waals surface area contributed by atoms with Crippen LogP contribution in [-0.2, 0) is 21.2 Å². The molecule has 2 N–H and O–H groups in total. The average Bonchev–Trinajstić information content (AvgIpc) is 2.54. The molecule has 0 aliphatic rings. The van der Waals surface area contributed by atoms with Crippen LogP contribution in [0.2, 0.25) is 0 Å². The smallest absolute Gasteiger partial charge is 0.307 e. The lowest BCUT2D eigenvalue weighted by atomic mass is 10.1. The zero-order chi connectivity index (χ0) is 17.7. The zero-order valence-electron chi connectivity index (χ0n) is 13.1. The molecule has 2 aromatic rings. The molecular formula is C16H17NO5S2. The Labute approximate surface area is 144 Å². The maximum absolute atomic E-state index is 12.6. The van der Waals surface area contributed by atoms with Gasteiger partial charge in [-0.3, -0.25) is 9.52 Å². The van der Waals surface area contributed by atoms with E-state index in [0.717, 1.165) is 4.90 Å². The number of methoxy groups -OCH3 is 1. The lowest BCUT2D eigenvalue weighted by molar-refractivity contribution is -0.136. The third kappa shape index (κ3) is 4.42. The van der Waals surface area contributed by atoms with Gasteiger partial charge >= 0.3 is 5.97 Å². The number of anilines is 1. The zero-order valence-corrected chi connectivity index (χ0v) is 14.8. The highest BCUT2D eigenvalue weighted by atomic mass is 32.2. The van der Waals surface area contributed by atoms with E-state index in [1.807, 2.05) is 6.26 Å². The predicted octanol–water partition coefficient (Wildman–Crippen LogP) is 2.85. The second-order valence-electron chi connectivity index (χ2n) is 4.89. The molecule has 0 spiro atoms. The van der Waals surface area contributed by atoms with Crippen LogP contribution in [0, 0.1) is 0 Å². The van der Waals surface area contributed by atoms with Gasteiger partial charge in [-0.2, -0.15) is 0 Å². The van der Waals surface area contributed by atoms with Crippen molar-refractivity contribution in [2.45, 2.75) is 16.2 Å². The molecule has 2 rings (SSSR count). The molecule has 0 saturated carbocycles. The van der Waals surface area contributed by atoms with Crippen LogP contribution in [0.15, 0.2) is 52.3 Å². The third-order valence-corrected chi connectivity index (χ3v) is 5.36. The van der Waals surface area contributed by atoms with Gasteiger partial charge in [-0.15, -0.1) is 11.8 Å². The number of hydrogen-bond donors (Lipinski definition) is 2. The van der Waals surface area contributed by atoms with E-state index in [-0.39, 0.29) is 17.1 Å². The van der Waals surface area contributed by atoms with Gasteiger partial charge in [0.25, 0.3) is 10.0 Å². The van der Waals surface area contributed by atoms with Gasteiger partial charge in [0.15, 0.2) is 0 Å². The highest BCUT2D eigenvalue weighted by Gasteiger charge is 2.21. The van der Waals surface area contributed by atoms with Gasteiger partial charge in [0.1, 0.15) is 10.6 Å². The maximum atomic E-state index is 12.6. The first-order chi connectivity index (χ1) is 11.4. The number of sulfonamides is 1.